The van der Waals surface area contributed by atoms with E-state index in [1.54, 1.807) is 6.07 Å². The molecule has 0 atom stereocenters. The molecule has 0 bridgehead atoms. The number of hydrogen-bond acceptors (Lipinski definition) is 4. The van der Waals surface area contributed by atoms with Gasteiger partial charge in [-0.25, -0.2) is 12.7 Å². The first-order chi connectivity index (χ1) is 11.4. The van der Waals surface area contributed by atoms with Gasteiger partial charge < -0.3 is 10.1 Å². The molecular weight excluding hydrogens is 352 g/mol. The highest BCUT2D eigenvalue weighted by atomic mass is 35.5. The fourth-order valence-electron chi connectivity index (χ4n) is 2.62. The summed E-state index contributed by atoms with van der Waals surface area (Å²) in [6.07, 6.45) is 2.74. The Kier molecular flexibility index (Phi) is 7.03. The van der Waals surface area contributed by atoms with E-state index in [1.807, 2.05) is 18.2 Å². The van der Waals surface area contributed by atoms with Crippen molar-refractivity contribution in [2.45, 2.75) is 19.4 Å². The van der Waals surface area contributed by atoms with E-state index in [-0.39, 0.29) is 12.5 Å². The van der Waals surface area contributed by atoms with Crippen molar-refractivity contribution in [3.63, 3.8) is 0 Å². The van der Waals surface area contributed by atoms with Crippen LogP contribution >= 0.6 is 11.6 Å². The maximum Gasteiger partial charge on any atom is 0.246 e. The topological polar surface area (TPSA) is 75.7 Å². The number of benzene rings is 1. The van der Waals surface area contributed by atoms with Gasteiger partial charge in [0.05, 0.1) is 12.9 Å². The summed E-state index contributed by atoms with van der Waals surface area (Å²) in [4.78, 5) is 11.8. The zero-order valence-corrected chi connectivity index (χ0v) is 15.3. The standard InChI is InChI=1S/C16H23ClN2O4S/c1-24(21,22)19-8-6-13(7-9-19)10-18-16(20)12-23-11-14-4-2-3-5-15(14)17/h2-5,13H,6-12H2,1H3,(H,18,20). The number of nitrogens with zero attached hydrogens (tertiary/aromatic N) is 1. The van der Waals surface area contributed by atoms with Crippen LogP contribution in [-0.2, 0) is 26.2 Å². The molecule has 1 amide bonds. The van der Waals surface area contributed by atoms with Gasteiger partial charge in [0.25, 0.3) is 0 Å². The highest BCUT2D eigenvalue weighted by Crippen LogP contribution is 2.18. The number of sulfonamides is 1. The summed E-state index contributed by atoms with van der Waals surface area (Å²) in [6.45, 7) is 1.85. The Morgan fingerprint density at radius 3 is 2.62 bits per heavy atom. The van der Waals surface area contributed by atoms with Crippen molar-refractivity contribution in [1.82, 2.24) is 9.62 Å². The Balaban J connectivity index is 1.63. The predicted octanol–water partition coefficient (Wildman–Crippen LogP) is 1.64. The minimum atomic E-state index is -3.11. The van der Waals surface area contributed by atoms with E-state index in [4.69, 9.17) is 16.3 Å². The molecule has 1 fully saturated rings. The maximum atomic E-state index is 11.8. The molecule has 1 heterocycles. The van der Waals surface area contributed by atoms with Crippen LogP contribution in [0, 0.1) is 5.92 Å². The molecule has 0 aromatic heterocycles. The number of halogens is 1. The average molecular weight is 375 g/mol. The van der Waals surface area contributed by atoms with Gasteiger partial charge in [-0.15, -0.1) is 0 Å². The number of amides is 1. The first kappa shape index (κ1) is 19.2. The summed E-state index contributed by atoms with van der Waals surface area (Å²) in [5, 5.41) is 3.46. The molecule has 1 aromatic carbocycles. The monoisotopic (exact) mass is 374 g/mol. The van der Waals surface area contributed by atoms with Crippen molar-refractivity contribution in [2.75, 3.05) is 32.5 Å². The van der Waals surface area contributed by atoms with Gasteiger partial charge in [-0.1, -0.05) is 29.8 Å². The van der Waals surface area contributed by atoms with Crippen LogP contribution in [0.5, 0.6) is 0 Å². The van der Waals surface area contributed by atoms with Crippen LogP contribution in [-0.4, -0.2) is 51.1 Å². The second kappa shape index (κ2) is 8.80. The van der Waals surface area contributed by atoms with Crippen LogP contribution in [0.25, 0.3) is 0 Å². The van der Waals surface area contributed by atoms with Gasteiger partial charge in [0.2, 0.25) is 15.9 Å². The van der Waals surface area contributed by atoms with Crippen LogP contribution in [0.2, 0.25) is 5.02 Å². The first-order valence-corrected chi connectivity index (χ1v) is 10.1. The first-order valence-electron chi connectivity index (χ1n) is 7.89. The molecule has 1 aliphatic heterocycles. The fourth-order valence-corrected chi connectivity index (χ4v) is 3.69. The number of carbonyl (C=O) groups is 1. The van der Waals surface area contributed by atoms with Gasteiger partial charge in [-0.2, -0.15) is 0 Å². The lowest BCUT2D eigenvalue weighted by Gasteiger charge is -2.30. The molecule has 0 aliphatic carbocycles. The zero-order valence-electron chi connectivity index (χ0n) is 13.7. The summed E-state index contributed by atoms with van der Waals surface area (Å²) in [5.74, 6) is 0.128. The number of ether oxygens (including phenoxy) is 1. The lowest BCUT2D eigenvalue weighted by molar-refractivity contribution is -0.126. The highest BCUT2D eigenvalue weighted by Gasteiger charge is 2.24. The molecule has 2 rings (SSSR count). The van der Waals surface area contributed by atoms with Crippen molar-refractivity contribution in [1.29, 1.82) is 0 Å². The minimum Gasteiger partial charge on any atom is -0.367 e. The van der Waals surface area contributed by atoms with Crippen LogP contribution in [0.1, 0.15) is 18.4 Å². The second-order valence-corrected chi connectivity index (χ2v) is 8.38. The predicted molar refractivity (Wildman–Crippen MR) is 93.3 cm³/mol. The molecule has 0 unspecified atom stereocenters. The van der Waals surface area contributed by atoms with Crippen molar-refractivity contribution < 1.29 is 17.9 Å². The third-order valence-electron chi connectivity index (χ3n) is 4.08. The largest absolute Gasteiger partial charge is 0.367 e. The Morgan fingerprint density at radius 1 is 1.33 bits per heavy atom. The molecule has 0 radical (unpaired) electrons. The molecule has 1 aromatic rings. The fraction of sp³-hybridized carbons (Fsp3) is 0.562. The molecule has 1 saturated heterocycles. The van der Waals surface area contributed by atoms with E-state index in [0.29, 0.717) is 37.2 Å². The van der Waals surface area contributed by atoms with Gasteiger partial charge in [0.1, 0.15) is 6.61 Å². The van der Waals surface area contributed by atoms with Gasteiger partial charge in [0.15, 0.2) is 0 Å². The number of carbonyl (C=O) groups excluding carboxylic acids is 1. The Morgan fingerprint density at radius 2 is 2.00 bits per heavy atom. The van der Waals surface area contributed by atoms with Crippen molar-refractivity contribution in [3.05, 3.63) is 34.9 Å². The molecule has 8 heteroatoms. The molecule has 0 spiro atoms. The van der Waals surface area contributed by atoms with Crippen molar-refractivity contribution in [3.8, 4) is 0 Å². The number of rotatable bonds is 7. The van der Waals surface area contributed by atoms with E-state index in [9.17, 15) is 13.2 Å². The number of hydrogen-bond donors (Lipinski definition) is 1. The van der Waals surface area contributed by atoms with Crippen LogP contribution in [0.3, 0.4) is 0 Å². The van der Waals surface area contributed by atoms with Crippen LogP contribution in [0.15, 0.2) is 24.3 Å². The van der Waals surface area contributed by atoms with E-state index in [2.05, 4.69) is 5.32 Å². The summed E-state index contributed by atoms with van der Waals surface area (Å²) in [6, 6.07) is 7.35. The van der Waals surface area contributed by atoms with Gasteiger partial charge >= 0.3 is 0 Å². The van der Waals surface area contributed by atoms with E-state index < -0.39 is 10.0 Å². The normalized spacial score (nSPS) is 16.9. The zero-order chi connectivity index (χ0) is 17.6. The van der Waals surface area contributed by atoms with E-state index >= 15 is 0 Å². The number of piperidine rings is 1. The summed E-state index contributed by atoms with van der Waals surface area (Å²) in [5.41, 5.74) is 0.847. The molecule has 0 saturated carbocycles. The highest BCUT2D eigenvalue weighted by molar-refractivity contribution is 7.88. The lowest BCUT2D eigenvalue weighted by Crippen LogP contribution is -2.41. The summed E-state index contributed by atoms with van der Waals surface area (Å²) < 4.78 is 29.8. The summed E-state index contributed by atoms with van der Waals surface area (Å²) >= 11 is 6.02. The van der Waals surface area contributed by atoms with Gasteiger partial charge in [-0.3, -0.25) is 4.79 Å². The third kappa shape index (κ3) is 6.05. The molecule has 6 nitrogen and oxygen atoms in total. The third-order valence-corrected chi connectivity index (χ3v) is 5.75. The molecule has 1 N–H and O–H groups in total. The van der Waals surface area contributed by atoms with Gasteiger partial charge in [-0.05, 0) is 30.4 Å². The molecule has 1 aliphatic rings. The number of nitrogens with one attached hydrogen (secondary N) is 1. The van der Waals surface area contributed by atoms with E-state index in [1.165, 1.54) is 10.6 Å². The maximum absolute atomic E-state index is 11.8. The summed E-state index contributed by atoms with van der Waals surface area (Å²) in [7, 11) is -3.11. The lowest BCUT2D eigenvalue weighted by atomic mass is 9.98. The average Bonchev–Trinajstić information content (AvgIpc) is 2.54. The van der Waals surface area contributed by atoms with E-state index in [0.717, 1.165) is 18.4 Å². The quantitative estimate of drug-likeness (QED) is 0.787. The molecule has 24 heavy (non-hydrogen) atoms. The second-order valence-electron chi connectivity index (χ2n) is 5.99. The Labute approximate surface area is 148 Å². The smallest absolute Gasteiger partial charge is 0.246 e. The SMILES string of the molecule is CS(=O)(=O)N1CCC(CNC(=O)COCc2ccccc2Cl)CC1. The van der Waals surface area contributed by atoms with Crippen LogP contribution < -0.4 is 5.32 Å². The van der Waals surface area contributed by atoms with Crippen molar-refractivity contribution in [2.24, 2.45) is 5.92 Å². The molecule has 134 valence electrons. The van der Waals surface area contributed by atoms with Gasteiger partial charge in [0, 0.05) is 24.7 Å². The van der Waals surface area contributed by atoms with Crippen molar-refractivity contribution >= 4 is 27.5 Å². The molecular formula is C16H23ClN2O4S. The van der Waals surface area contributed by atoms with Crippen LogP contribution in [0.4, 0.5) is 0 Å². The Bertz CT molecular complexity index is 658. The Hall–Kier alpha value is -1.15. The minimum absolute atomic E-state index is 0.0204.